The highest BCUT2D eigenvalue weighted by atomic mass is 35.5. The fourth-order valence-corrected chi connectivity index (χ4v) is 5.60. The van der Waals surface area contributed by atoms with Crippen molar-refractivity contribution < 1.29 is 23.9 Å². The molecule has 2 heterocycles. The number of hydrogen-bond donors (Lipinski definition) is 0. The monoisotopic (exact) mass is 595 g/mol. The van der Waals surface area contributed by atoms with E-state index in [1.807, 2.05) is 23.1 Å². The van der Waals surface area contributed by atoms with E-state index >= 15 is 0 Å². The molecule has 2 aliphatic heterocycles. The number of amides is 3. The summed E-state index contributed by atoms with van der Waals surface area (Å²) in [7, 11) is 6.69. The van der Waals surface area contributed by atoms with Crippen molar-refractivity contribution in [2.24, 2.45) is 16.9 Å². The number of halogens is 1. The molecule has 2 aromatic rings. The Bertz CT molecular complexity index is 1370. The molecular weight excluding hydrogens is 558 g/mol. The minimum atomic E-state index is -0.224. The van der Waals surface area contributed by atoms with Crippen LogP contribution in [-0.2, 0) is 9.59 Å². The molecule has 2 aromatic carbocycles. The molecule has 3 aliphatic rings. The summed E-state index contributed by atoms with van der Waals surface area (Å²) in [5.74, 6) is 0.918. The molecule has 11 heteroatoms. The van der Waals surface area contributed by atoms with Gasteiger partial charge in [-0.3, -0.25) is 19.3 Å². The van der Waals surface area contributed by atoms with Crippen molar-refractivity contribution in [1.29, 1.82) is 0 Å². The maximum atomic E-state index is 13.6. The maximum Gasteiger partial charge on any atom is 0.253 e. The number of benzene rings is 2. The Morgan fingerprint density at radius 1 is 0.905 bits per heavy atom. The second kappa shape index (κ2) is 13.4. The van der Waals surface area contributed by atoms with E-state index in [1.165, 1.54) is 5.01 Å². The summed E-state index contributed by atoms with van der Waals surface area (Å²) in [6, 6.07) is 12.8. The standard InChI is InChI=1S/C31H37N5O5.ClH/c1-33(2)28(37)20-34-15-17-35(18-16-34)30(38)21-9-12-23(13-10-21)36-31(39)25-8-6-5-7-24(25)29(32-36)22-11-14-26(40-3)27(19-22)41-4;/h5-6,9-14,19,24-25H,7-8,15-18,20H2,1-4H3;1H/t24-,25+;/m0./s1. The highest BCUT2D eigenvalue weighted by molar-refractivity contribution is 6.11. The van der Waals surface area contributed by atoms with Crippen molar-refractivity contribution in [3.05, 3.63) is 65.7 Å². The number of fused-ring (bicyclic) bond motifs is 1. The largest absolute Gasteiger partial charge is 0.493 e. The van der Waals surface area contributed by atoms with Crippen LogP contribution in [0.2, 0.25) is 0 Å². The molecule has 0 saturated carbocycles. The third kappa shape index (κ3) is 6.29. The minimum Gasteiger partial charge on any atom is -0.493 e. The normalized spacial score (nSPS) is 20.3. The number of carbonyl (C=O) groups excluding carboxylic acids is 3. The molecule has 0 radical (unpaired) electrons. The Morgan fingerprint density at radius 3 is 2.17 bits per heavy atom. The van der Waals surface area contributed by atoms with Crippen LogP contribution in [-0.4, -0.2) is 99.2 Å². The van der Waals surface area contributed by atoms with E-state index in [9.17, 15) is 14.4 Å². The van der Waals surface area contributed by atoms with Gasteiger partial charge in [0.15, 0.2) is 11.5 Å². The Morgan fingerprint density at radius 2 is 1.55 bits per heavy atom. The number of ether oxygens (including phenoxy) is 2. The van der Waals surface area contributed by atoms with E-state index in [4.69, 9.17) is 14.6 Å². The number of anilines is 1. The van der Waals surface area contributed by atoms with E-state index in [1.54, 1.807) is 57.5 Å². The van der Waals surface area contributed by atoms with Crippen LogP contribution in [0.15, 0.2) is 59.7 Å². The van der Waals surface area contributed by atoms with Crippen molar-refractivity contribution in [3.8, 4) is 11.5 Å². The molecule has 42 heavy (non-hydrogen) atoms. The van der Waals surface area contributed by atoms with Gasteiger partial charge < -0.3 is 19.3 Å². The van der Waals surface area contributed by atoms with Gasteiger partial charge in [0, 0.05) is 57.3 Å². The van der Waals surface area contributed by atoms with Gasteiger partial charge in [0.2, 0.25) is 5.91 Å². The molecule has 1 fully saturated rings. The lowest BCUT2D eigenvalue weighted by molar-refractivity contribution is -0.130. The van der Waals surface area contributed by atoms with Gasteiger partial charge in [0.1, 0.15) is 0 Å². The lowest BCUT2D eigenvalue weighted by atomic mass is 9.76. The van der Waals surface area contributed by atoms with Gasteiger partial charge >= 0.3 is 0 Å². The molecule has 0 spiro atoms. The van der Waals surface area contributed by atoms with E-state index < -0.39 is 0 Å². The highest BCUT2D eigenvalue weighted by Gasteiger charge is 2.41. The number of nitrogens with zero attached hydrogens (tertiary/aromatic N) is 5. The lowest BCUT2D eigenvalue weighted by Gasteiger charge is -2.37. The molecule has 10 nitrogen and oxygen atoms in total. The number of hydrogen-bond acceptors (Lipinski definition) is 7. The molecule has 5 rings (SSSR count). The zero-order chi connectivity index (χ0) is 29.1. The quantitative estimate of drug-likeness (QED) is 0.456. The first-order valence-electron chi connectivity index (χ1n) is 13.9. The van der Waals surface area contributed by atoms with Crippen LogP contribution in [0.25, 0.3) is 0 Å². The van der Waals surface area contributed by atoms with Crippen molar-refractivity contribution in [2.75, 3.05) is 66.0 Å². The van der Waals surface area contributed by atoms with Crippen LogP contribution in [0.1, 0.15) is 28.8 Å². The van der Waals surface area contributed by atoms with Crippen molar-refractivity contribution >= 4 is 41.5 Å². The first kappa shape index (κ1) is 31.1. The molecular formula is C31H38ClN5O5. The zero-order valence-corrected chi connectivity index (χ0v) is 25.3. The molecule has 2 atom stereocenters. The minimum absolute atomic E-state index is 0. The number of likely N-dealkylation sites (N-methyl/N-ethyl adjacent to an activating group) is 1. The van der Waals surface area contributed by atoms with Crippen molar-refractivity contribution in [1.82, 2.24) is 14.7 Å². The highest BCUT2D eigenvalue weighted by Crippen LogP contribution is 2.38. The van der Waals surface area contributed by atoms with Gasteiger partial charge in [-0.1, -0.05) is 12.2 Å². The fraction of sp³-hybridized carbons (Fsp3) is 0.419. The van der Waals surface area contributed by atoms with Gasteiger partial charge in [0.05, 0.1) is 38.1 Å². The smallest absolute Gasteiger partial charge is 0.253 e. The Hall–Kier alpha value is -3.89. The average molecular weight is 596 g/mol. The number of hydrazone groups is 1. The number of allylic oxidation sites excluding steroid dienone is 2. The molecule has 0 aromatic heterocycles. The third-order valence-corrected chi connectivity index (χ3v) is 8.07. The summed E-state index contributed by atoms with van der Waals surface area (Å²) in [5.41, 5.74) is 2.87. The summed E-state index contributed by atoms with van der Waals surface area (Å²) < 4.78 is 10.9. The second-order valence-corrected chi connectivity index (χ2v) is 10.8. The fourth-order valence-electron chi connectivity index (χ4n) is 5.60. The predicted octanol–water partition coefficient (Wildman–Crippen LogP) is 3.30. The van der Waals surface area contributed by atoms with Gasteiger partial charge in [-0.05, 0) is 55.3 Å². The molecule has 224 valence electrons. The van der Waals surface area contributed by atoms with E-state index in [2.05, 4.69) is 17.1 Å². The van der Waals surface area contributed by atoms with Crippen LogP contribution in [0.4, 0.5) is 5.69 Å². The van der Waals surface area contributed by atoms with Crippen LogP contribution in [0, 0.1) is 11.8 Å². The molecule has 0 N–H and O–H groups in total. The second-order valence-electron chi connectivity index (χ2n) is 10.8. The van der Waals surface area contributed by atoms with Crippen LogP contribution >= 0.6 is 12.4 Å². The Kier molecular flexibility index (Phi) is 9.90. The van der Waals surface area contributed by atoms with Gasteiger partial charge in [-0.25, -0.2) is 5.01 Å². The average Bonchev–Trinajstić information content (AvgIpc) is 3.01. The number of methoxy groups -OCH3 is 2. The van der Waals surface area contributed by atoms with Crippen LogP contribution in [0.3, 0.4) is 0 Å². The first-order chi connectivity index (χ1) is 19.8. The zero-order valence-electron chi connectivity index (χ0n) is 24.5. The number of rotatable bonds is 7. The summed E-state index contributed by atoms with van der Waals surface area (Å²) in [4.78, 5) is 44.3. The topological polar surface area (TPSA) is 95.0 Å². The summed E-state index contributed by atoms with van der Waals surface area (Å²) in [6.07, 6.45) is 5.56. The molecule has 3 amide bonds. The summed E-state index contributed by atoms with van der Waals surface area (Å²) in [5, 5.41) is 6.34. The molecule has 0 unspecified atom stereocenters. The van der Waals surface area contributed by atoms with Crippen LogP contribution < -0.4 is 14.5 Å². The number of piperazine rings is 1. The number of carbonyl (C=O) groups is 3. The van der Waals surface area contributed by atoms with Crippen molar-refractivity contribution in [2.45, 2.75) is 12.8 Å². The van der Waals surface area contributed by atoms with Gasteiger partial charge in [0.25, 0.3) is 11.8 Å². The SMILES string of the molecule is COc1ccc(C2=NN(c3ccc(C(=O)N4CCN(CC(=O)N(C)C)CC4)cc3)C(=O)[C@@H]3CC=CC[C@H]23)cc1OC.Cl. The van der Waals surface area contributed by atoms with Gasteiger partial charge in [-0.2, -0.15) is 5.10 Å². The first-order valence-corrected chi connectivity index (χ1v) is 13.9. The lowest BCUT2D eigenvalue weighted by Crippen LogP contribution is -2.51. The van der Waals surface area contributed by atoms with Gasteiger partial charge in [-0.15, -0.1) is 12.4 Å². The predicted molar refractivity (Wildman–Crippen MR) is 164 cm³/mol. The van der Waals surface area contributed by atoms with Crippen LogP contribution in [0.5, 0.6) is 11.5 Å². The third-order valence-electron chi connectivity index (χ3n) is 8.07. The van der Waals surface area contributed by atoms with E-state index in [-0.39, 0.29) is 42.0 Å². The summed E-state index contributed by atoms with van der Waals surface area (Å²) >= 11 is 0. The van der Waals surface area contributed by atoms with E-state index in [0.717, 1.165) is 17.7 Å². The molecule has 1 aliphatic carbocycles. The molecule has 1 saturated heterocycles. The summed E-state index contributed by atoms with van der Waals surface area (Å²) in [6.45, 7) is 2.77. The molecule has 0 bridgehead atoms. The maximum absolute atomic E-state index is 13.6. The Balaban J connectivity index is 0.00000405. The van der Waals surface area contributed by atoms with E-state index in [0.29, 0.717) is 61.9 Å². The Labute approximate surface area is 252 Å². The van der Waals surface area contributed by atoms with Crippen molar-refractivity contribution in [3.63, 3.8) is 0 Å².